The van der Waals surface area contributed by atoms with Gasteiger partial charge in [-0.2, -0.15) is 0 Å². The van der Waals surface area contributed by atoms with Gasteiger partial charge in [-0.05, 0) is 38.1 Å². The third-order valence-electron chi connectivity index (χ3n) is 3.73. The highest BCUT2D eigenvalue weighted by Crippen LogP contribution is 2.32. The zero-order valence-corrected chi connectivity index (χ0v) is 10.7. The van der Waals surface area contributed by atoms with Gasteiger partial charge >= 0.3 is 0 Å². The van der Waals surface area contributed by atoms with Crippen molar-refractivity contribution in [2.24, 2.45) is 11.7 Å². The lowest BCUT2D eigenvalue weighted by Gasteiger charge is -2.33. The molecule has 0 spiro atoms. The number of amides is 1. The summed E-state index contributed by atoms with van der Waals surface area (Å²) in [6.45, 7) is 5.45. The second kappa shape index (κ2) is 6.24. The summed E-state index contributed by atoms with van der Waals surface area (Å²) in [6.07, 6.45) is 7.51. The van der Waals surface area contributed by atoms with Crippen molar-refractivity contribution in [3.05, 3.63) is 0 Å². The number of nitrogens with one attached hydrogen (secondary N) is 1. The van der Waals surface area contributed by atoms with Crippen LogP contribution in [0.4, 0.5) is 0 Å². The van der Waals surface area contributed by atoms with E-state index >= 15 is 0 Å². The number of hydrogen-bond acceptors (Lipinski definition) is 2. The molecule has 1 fully saturated rings. The molecule has 3 N–H and O–H groups in total. The molecule has 0 aromatic heterocycles. The van der Waals surface area contributed by atoms with Crippen LogP contribution in [0.25, 0.3) is 0 Å². The van der Waals surface area contributed by atoms with Crippen molar-refractivity contribution < 1.29 is 4.79 Å². The van der Waals surface area contributed by atoms with Crippen molar-refractivity contribution in [3.8, 4) is 0 Å². The van der Waals surface area contributed by atoms with Crippen molar-refractivity contribution in [1.82, 2.24) is 5.32 Å². The highest BCUT2D eigenvalue weighted by Gasteiger charge is 2.33. The van der Waals surface area contributed by atoms with Gasteiger partial charge in [-0.3, -0.25) is 4.79 Å². The Balaban J connectivity index is 2.64. The van der Waals surface area contributed by atoms with Crippen LogP contribution in [-0.2, 0) is 4.79 Å². The molecule has 1 aliphatic rings. The Hall–Kier alpha value is -0.570. The Bertz CT molecular complexity index is 226. The molecule has 1 rings (SSSR count). The summed E-state index contributed by atoms with van der Waals surface area (Å²) >= 11 is 0. The quantitative estimate of drug-likeness (QED) is 0.706. The van der Waals surface area contributed by atoms with Gasteiger partial charge in [-0.15, -0.1) is 0 Å². The van der Waals surface area contributed by atoms with E-state index in [9.17, 15) is 4.79 Å². The van der Waals surface area contributed by atoms with E-state index in [1.165, 1.54) is 19.3 Å². The molecular weight excluding hydrogens is 200 g/mol. The molecule has 0 aliphatic heterocycles. The van der Waals surface area contributed by atoms with E-state index in [0.29, 0.717) is 6.42 Å². The number of carbonyl (C=O) groups is 1. The van der Waals surface area contributed by atoms with E-state index in [1.807, 2.05) is 0 Å². The topological polar surface area (TPSA) is 55.1 Å². The van der Waals surface area contributed by atoms with Crippen molar-refractivity contribution >= 4 is 5.91 Å². The molecule has 0 heterocycles. The summed E-state index contributed by atoms with van der Waals surface area (Å²) < 4.78 is 0. The Labute approximate surface area is 99.2 Å². The fourth-order valence-corrected chi connectivity index (χ4v) is 2.72. The van der Waals surface area contributed by atoms with Gasteiger partial charge in [0, 0.05) is 12.0 Å². The van der Waals surface area contributed by atoms with E-state index in [1.54, 1.807) is 0 Å². The summed E-state index contributed by atoms with van der Waals surface area (Å²) in [5, 5.41) is 3.58. The first-order valence-corrected chi connectivity index (χ1v) is 6.61. The lowest BCUT2D eigenvalue weighted by Crippen LogP contribution is -2.48. The van der Waals surface area contributed by atoms with Crippen LogP contribution >= 0.6 is 0 Å². The van der Waals surface area contributed by atoms with E-state index in [0.717, 1.165) is 31.7 Å². The predicted molar refractivity (Wildman–Crippen MR) is 67.1 cm³/mol. The maximum Gasteiger partial charge on any atom is 0.219 e. The van der Waals surface area contributed by atoms with Crippen molar-refractivity contribution in [1.29, 1.82) is 0 Å². The van der Waals surface area contributed by atoms with Crippen LogP contribution in [0.1, 0.15) is 58.8 Å². The van der Waals surface area contributed by atoms with Crippen LogP contribution in [0.3, 0.4) is 0 Å². The van der Waals surface area contributed by atoms with Gasteiger partial charge in [-0.25, -0.2) is 0 Å². The van der Waals surface area contributed by atoms with Gasteiger partial charge < -0.3 is 11.1 Å². The normalized spacial score (nSPS) is 31.0. The molecule has 1 saturated carbocycles. The highest BCUT2D eigenvalue weighted by molar-refractivity contribution is 5.75. The van der Waals surface area contributed by atoms with Crippen molar-refractivity contribution in [2.75, 3.05) is 6.54 Å². The minimum Gasteiger partial charge on any atom is -0.370 e. The van der Waals surface area contributed by atoms with Crippen LogP contribution < -0.4 is 11.1 Å². The first-order chi connectivity index (χ1) is 7.58. The molecule has 0 aromatic carbocycles. The average Bonchev–Trinajstić information content (AvgIpc) is 2.38. The molecule has 3 nitrogen and oxygen atoms in total. The lowest BCUT2D eigenvalue weighted by molar-refractivity contribution is -0.119. The molecule has 3 heteroatoms. The molecule has 1 amide bonds. The fourth-order valence-electron chi connectivity index (χ4n) is 2.72. The molecule has 2 atom stereocenters. The Morgan fingerprint density at radius 2 is 2.19 bits per heavy atom. The molecule has 94 valence electrons. The molecule has 0 saturated heterocycles. The predicted octanol–water partition coefficient (Wildman–Crippen LogP) is 2.20. The van der Waals surface area contributed by atoms with Gasteiger partial charge in [0.25, 0.3) is 0 Å². The monoisotopic (exact) mass is 226 g/mol. The van der Waals surface area contributed by atoms with E-state index in [4.69, 9.17) is 5.73 Å². The summed E-state index contributed by atoms with van der Waals surface area (Å²) in [7, 11) is 0. The average molecular weight is 226 g/mol. The first-order valence-electron chi connectivity index (χ1n) is 6.61. The van der Waals surface area contributed by atoms with Gasteiger partial charge in [0.05, 0.1) is 0 Å². The van der Waals surface area contributed by atoms with Crippen LogP contribution in [-0.4, -0.2) is 18.0 Å². The molecule has 0 bridgehead atoms. The molecule has 0 radical (unpaired) electrons. The van der Waals surface area contributed by atoms with E-state index in [2.05, 4.69) is 19.2 Å². The maximum absolute atomic E-state index is 11.2. The number of primary amides is 1. The lowest BCUT2D eigenvalue weighted by atomic mass is 9.86. The number of rotatable bonds is 5. The van der Waals surface area contributed by atoms with Crippen LogP contribution in [0.5, 0.6) is 0 Å². The second-order valence-corrected chi connectivity index (χ2v) is 5.39. The van der Waals surface area contributed by atoms with Gasteiger partial charge in [-0.1, -0.05) is 26.7 Å². The fraction of sp³-hybridized carbons (Fsp3) is 0.923. The smallest absolute Gasteiger partial charge is 0.219 e. The molecule has 16 heavy (non-hydrogen) atoms. The first kappa shape index (κ1) is 13.5. The highest BCUT2D eigenvalue weighted by atomic mass is 16.1. The van der Waals surface area contributed by atoms with E-state index in [-0.39, 0.29) is 11.4 Å². The van der Waals surface area contributed by atoms with Gasteiger partial charge in [0.1, 0.15) is 0 Å². The zero-order chi connectivity index (χ0) is 12.0. The molecule has 2 unspecified atom stereocenters. The third-order valence-corrected chi connectivity index (χ3v) is 3.73. The minimum absolute atomic E-state index is 0.00734. The standard InChI is InChI=1S/C13H26N2O/c1-3-9-15-13(10-12(14)16)7-4-5-11(2)6-8-13/h11,15H,3-10H2,1-2H3,(H2,14,16). The summed E-state index contributed by atoms with van der Waals surface area (Å²) in [5.74, 6) is 0.622. The van der Waals surface area contributed by atoms with Gasteiger partial charge in [0.2, 0.25) is 5.91 Å². The largest absolute Gasteiger partial charge is 0.370 e. The second-order valence-electron chi connectivity index (χ2n) is 5.39. The summed E-state index contributed by atoms with van der Waals surface area (Å²) in [4.78, 5) is 11.2. The van der Waals surface area contributed by atoms with Gasteiger partial charge in [0.15, 0.2) is 0 Å². The van der Waals surface area contributed by atoms with Crippen LogP contribution in [0.2, 0.25) is 0 Å². The Morgan fingerprint density at radius 3 is 2.81 bits per heavy atom. The minimum atomic E-state index is -0.168. The number of carbonyl (C=O) groups excluding carboxylic acids is 1. The van der Waals surface area contributed by atoms with Crippen LogP contribution in [0.15, 0.2) is 0 Å². The van der Waals surface area contributed by atoms with Crippen LogP contribution in [0, 0.1) is 5.92 Å². The Morgan fingerprint density at radius 1 is 1.44 bits per heavy atom. The van der Waals surface area contributed by atoms with Crippen molar-refractivity contribution in [3.63, 3.8) is 0 Å². The number of nitrogens with two attached hydrogens (primary N) is 1. The SMILES string of the molecule is CCCNC1(CC(N)=O)CCCC(C)CC1. The van der Waals surface area contributed by atoms with Crippen molar-refractivity contribution in [2.45, 2.75) is 64.3 Å². The molecular formula is C13H26N2O. The zero-order valence-electron chi connectivity index (χ0n) is 10.7. The summed E-state index contributed by atoms with van der Waals surface area (Å²) in [6, 6.07) is 0. The maximum atomic E-state index is 11.2. The summed E-state index contributed by atoms with van der Waals surface area (Å²) in [5.41, 5.74) is 5.38. The third kappa shape index (κ3) is 4.12. The molecule has 1 aliphatic carbocycles. The Kier molecular flexibility index (Phi) is 5.26. The van der Waals surface area contributed by atoms with E-state index < -0.39 is 0 Å². The molecule has 0 aromatic rings. The number of hydrogen-bond donors (Lipinski definition) is 2.